The SMILES string of the molecule is CCCCCCCCCCCCCCCCCCCCCCC(=O)O[C@H](COC(=O)CCCCCCCCCCCCCCCCC(C)CC)COP(=O)(O)OC[C@@H](O)COP(=O)(O)OC[C@@H](COC(=O)CCCCCCCCC(C)CC)OC(=O)CCCCCCCCC(C)CC. The number of unbranched alkanes of at least 4 members (excludes halogenated alkanes) is 42. The number of carbonyl (C=O) groups excluding carboxylic acids is 4. The minimum Gasteiger partial charge on any atom is -0.462 e. The molecular weight excluding hydrogens is 1280 g/mol. The second kappa shape index (κ2) is 69.4. The van der Waals surface area contributed by atoms with Crippen LogP contribution in [0.2, 0.25) is 0 Å². The summed E-state index contributed by atoms with van der Waals surface area (Å²) >= 11 is 0. The third-order valence-corrected chi connectivity index (χ3v) is 21.4. The van der Waals surface area contributed by atoms with Gasteiger partial charge in [-0.2, -0.15) is 0 Å². The first kappa shape index (κ1) is 96.1. The van der Waals surface area contributed by atoms with Crippen molar-refractivity contribution in [3.05, 3.63) is 0 Å². The van der Waals surface area contributed by atoms with E-state index in [1.165, 1.54) is 212 Å². The first-order valence-corrected chi connectivity index (χ1v) is 44.0. The Morgan fingerprint density at radius 1 is 0.286 bits per heavy atom. The average molecular weight is 1440 g/mol. The molecule has 0 spiro atoms. The molecule has 0 rings (SSSR count). The van der Waals surface area contributed by atoms with E-state index in [-0.39, 0.29) is 25.7 Å². The van der Waals surface area contributed by atoms with Crippen LogP contribution in [0.3, 0.4) is 0 Å². The van der Waals surface area contributed by atoms with Crippen LogP contribution in [0.4, 0.5) is 0 Å². The van der Waals surface area contributed by atoms with E-state index in [2.05, 4.69) is 48.5 Å². The predicted octanol–water partition coefficient (Wildman–Crippen LogP) is 23.4. The largest absolute Gasteiger partial charge is 0.472 e. The van der Waals surface area contributed by atoms with Gasteiger partial charge in [0.05, 0.1) is 26.4 Å². The highest BCUT2D eigenvalue weighted by molar-refractivity contribution is 7.47. The average Bonchev–Trinajstić information content (AvgIpc) is 1.09. The molecule has 0 aromatic carbocycles. The van der Waals surface area contributed by atoms with E-state index in [0.717, 1.165) is 114 Å². The Hall–Kier alpha value is -1.94. The number of aliphatic hydroxyl groups is 1. The maximum atomic E-state index is 13.1. The lowest BCUT2D eigenvalue weighted by Crippen LogP contribution is -2.30. The van der Waals surface area contributed by atoms with Crippen LogP contribution in [-0.4, -0.2) is 96.7 Å². The van der Waals surface area contributed by atoms with Crippen LogP contribution in [0, 0.1) is 17.8 Å². The zero-order valence-electron chi connectivity index (χ0n) is 64.3. The Bertz CT molecular complexity index is 1910. The summed E-state index contributed by atoms with van der Waals surface area (Å²) in [5.41, 5.74) is 0. The summed E-state index contributed by atoms with van der Waals surface area (Å²) < 4.78 is 68.6. The van der Waals surface area contributed by atoms with Gasteiger partial charge in [-0.1, -0.05) is 357 Å². The number of carbonyl (C=O) groups is 4. The first-order valence-electron chi connectivity index (χ1n) is 41.0. The lowest BCUT2D eigenvalue weighted by Gasteiger charge is -2.21. The van der Waals surface area contributed by atoms with E-state index in [1.807, 2.05) is 0 Å². The first-order chi connectivity index (χ1) is 47.3. The fourth-order valence-electron chi connectivity index (χ4n) is 12.0. The standard InChI is InChI=1S/C79H154O17P2/c1-8-12-13-14-15-16-17-18-19-20-21-22-23-24-29-32-35-38-48-55-62-78(83)95-74(66-89-76(81)60-53-46-37-34-31-28-26-25-27-30-33-36-43-50-57-70(5)9-2)68-93-97(85,86)91-64-73(80)65-92-98(87,88)94-69-75(96-79(84)63-56-49-42-40-45-52-59-72(7)11-4)67-90-77(82)61-54-47-41-39-44-51-58-71(6)10-3/h70-75,80H,8-69H2,1-7H3,(H,85,86)(H,87,88)/t70?,71?,72?,73-,74-,75-/m1/s1. The molecule has 19 heteroatoms. The van der Waals surface area contributed by atoms with Crippen LogP contribution >= 0.6 is 15.6 Å². The summed E-state index contributed by atoms with van der Waals surface area (Å²) in [6, 6.07) is 0. The summed E-state index contributed by atoms with van der Waals surface area (Å²) in [6.45, 7) is 11.9. The van der Waals surface area contributed by atoms with Gasteiger partial charge in [-0.3, -0.25) is 37.3 Å². The van der Waals surface area contributed by atoms with Gasteiger partial charge in [-0.05, 0) is 43.4 Å². The summed E-state index contributed by atoms with van der Waals surface area (Å²) in [6.07, 6.45) is 57.1. The second-order valence-corrected chi connectivity index (χ2v) is 32.1. The van der Waals surface area contributed by atoms with Gasteiger partial charge in [-0.25, -0.2) is 9.13 Å². The summed E-state index contributed by atoms with van der Waals surface area (Å²) in [4.78, 5) is 72.9. The number of hydrogen-bond donors (Lipinski definition) is 3. The molecule has 0 radical (unpaired) electrons. The molecule has 5 unspecified atom stereocenters. The van der Waals surface area contributed by atoms with Crippen molar-refractivity contribution >= 4 is 39.5 Å². The molecule has 0 aliphatic rings. The molecule has 0 amide bonds. The molecule has 0 aromatic heterocycles. The van der Waals surface area contributed by atoms with Crippen molar-refractivity contribution in [2.75, 3.05) is 39.6 Å². The maximum Gasteiger partial charge on any atom is 0.472 e. The predicted molar refractivity (Wildman–Crippen MR) is 400 cm³/mol. The number of hydrogen-bond acceptors (Lipinski definition) is 15. The van der Waals surface area contributed by atoms with E-state index in [9.17, 15) is 43.2 Å². The molecular formula is C79H154O17P2. The Labute approximate surface area is 600 Å². The Morgan fingerprint density at radius 3 is 0.724 bits per heavy atom. The Kier molecular flexibility index (Phi) is 68.1. The van der Waals surface area contributed by atoms with Gasteiger partial charge in [0, 0.05) is 25.7 Å². The van der Waals surface area contributed by atoms with Crippen molar-refractivity contribution in [1.29, 1.82) is 0 Å². The number of ether oxygens (including phenoxy) is 4. The van der Waals surface area contributed by atoms with Gasteiger partial charge in [0.15, 0.2) is 12.2 Å². The Morgan fingerprint density at radius 2 is 0.490 bits per heavy atom. The molecule has 0 bridgehead atoms. The number of phosphoric ester groups is 2. The smallest absolute Gasteiger partial charge is 0.462 e. The fourth-order valence-corrected chi connectivity index (χ4v) is 13.6. The Balaban J connectivity index is 5.21. The molecule has 0 fully saturated rings. The molecule has 0 saturated carbocycles. The highest BCUT2D eigenvalue weighted by Gasteiger charge is 2.30. The van der Waals surface area contributed by atoms with Crippen LogP contribution in [0.15, 0.2) is 0 Å². The van der Waals surface area contributed by atoms with Gasteiger partial charge in [-0.15, -0.1) is 0 Å². The normalized spacial score (nSPS) is 14.8. The van der Waals surface area contributed by atoms with Gasteiger partial charge in [0.2, 0.25) is 0 Å². The monoisotopic (exact) mass is 1440 g/mol. The molecule has 17 nitrogen and oxygen atoms in total. The lowest BCUT2D eigenvalue weighted by molar-refractivity contribution is -0.161. The minimum absolute atomic E-state index is 0.102. The third-order valence-electron chi connectivity index (χ3n) is 19.5. The van der Waals surface area contributed by atoms with E-state index in [4.69, 9.17) is 37.0 Å². The maximum absolute atomic E-state index is 13.1. The van der Waals surface area contributed by atoms with Gasteiger partial charge < -0.3 is 33.8 Å². The van der Waals surface area contributed by atoms with Crippen LogP contribution in [0.5, 0.6) is 0 Å². The third kappa shape index (κ3) is 68.5. The van der Waals surface area contributed by atoms with Crippen LogP contribution in [-0.2, 0) is 65.4 Å². The highest BCUT2D eigenvalue weighted by Crippen LogP contribution is 2.45. The quantitative estimate of drug-likeness (QED) is 0.0222. The van der Waals surface area contributed by atoms with Crippen molar-refractivity contribution in [2.24, 2.45) is 17.8 Å². The lowest BCUT2D eigenvalue weighted by atomic mass is 9.99. The highest BCUT2D eigenvalue weighted by atomic mass is 31.2. The molecule has 0 heterocycles. The summed E-state index contributed by atoms with van der Waals surface area (Å²) in [7, 11) is -9.92. The molecule has 0 aliphatic heterocycles. The van der Waals surface area contributed by atoms with E-state index < -0.39 is 97.5 Å². The number of rotatable bonds is 77. The topological polar surface area (TPSA) is 237 Å². The van der Waals surface area contributed by atoms with Crippen LogP contribution in [0.1, 0.15) is 408 Å². The fraction of sp³-hybridized carbons (Fsp3) is 0.949. The van der Waals surface area contributed by atoms with Gasteiger partial charge in [0.25, 0.3) is 0 Å². The molecule has 0 aliphatic carbocycles. The van der Waals surface area contributed by atoms with Crippen molar-refractivity contribution in [3.8, 4) is 0 Å². The molecule has 0 aromatic rings. The second-order valence-electron chi connectivity index (χ2n) is 29.2. The zero-order valence-corrected chi connectivity index (χ0v) is 66.0. The van der Waals surface area contributed by atoms with E-state index in [1.54, 1.807) is 0 Å². The molecule has 582 valence electrons. The van der Waals surface area contributed by atoms with Gasteiger partial charge >= 0.3 is 39.5 Å². The number of phosphoric acid groups is 2. The van der Waals surface area contributed by atoms with Crippen LogP contribution < -0.4 is 0 Å². The summed E-state index contributed by atoms with van der Waals surface area (Å²) in [5.74, 6) is 0.182. The molecule has 8 atom stereocenters. The number of aliphatic hydroxyl groups excluding tert-OH is 1. The summed E-state index contributed by atoms with van der Waals surface area (Å²) in [5, 5.41) is 10.6. The van der Waals surface area contributed by atoms with Crippen molar-refractivity contribution < 1.29 is 80.2 Å². The van der Waals surface area contributed by atoms with Crippen molar-refractivity contribution in [2.45, 2.75) is 426 Å². The minimum atomic E-state index is -4.96. The molecule has 3 N–H and O–H groups in total. The van der Waals surface area contributed by atoms with E-state index in [0.29, 0.717) is 25.7 Å². The van der Waals surface area contributed by atoms with E-state index >= 15 is 0 Å². The van der Waals surface area contributed by atoms with Crippen LogP contribution in [0.25, 0.3) is 0 Å². The number of esters is 4. The van der Waals surface area contributed by atoms with Gasteiger partial charge in [0.1, 0.15) is 19.3 Å². The molecule has 98 heavy (non-hydrogen) atoms. The molecule has 0 saturated heterocycles. The van der Waals surface area contributed by atoms with Crippen molar-refractivity contribution in [1.82, 2.24) is 0 Å². The zero-order chi connectivity index (χ0) is 72.3. The van der Waals surface area contributed by atoms with Crippen molar-refractivity contribution in [3.63, 3.8) is 0 Å².